The second-order valence-corrected chi connectivity index (χ2v) is 5.54. The van der Waals surface area contributed by atoms with Gasteiger partial charge in [0.1, 0.15) is 11.5 Å². The van der Waals surface area contributed by atoms with Crippen LogP contribution in [0.1, 0.15) is 47.9 Å². The van der Waals surface area contributed by atoms with Gasteiger partial charge in [-0.25, -0.2) is 4.98 Å². The van der Waals surface area contributed by atoms with Crippen LogP contribution in [0, 0.1) is 0 Å². The Hall–Kier alpha value is -2.18. The summed E-state index contributed by atoms with van der Waals surface area (Å²) in [5, 5.41) is 2.78. The van der Waals surface area contributed by atoms with Gasteiger partial charge in [0.05, 0.1) is 0 Å². The maximum Gasteiger partial charge on any atom is 0.272 e. The van der Waals surface area contributed by atoms with Crippen molar-refractivity contribution in [3.05, 3.63) is 27.9 Å². The largest absolute Gasteiger partial charge is 0.356 e. The zero-order chi connectivity index (χ0) is 14.8. The summed E-state index contributed by atoms with van der Waals surface area (Å²) in [4.78, 5) is 44.2. The first-order valence-electron chi connectivity index (χ1n) is 7.31. The van der Waals surface area contributed by atoms with Crippen molar-refractivity contribution >= 4 is 11.8 Å². The number of nitrogens with one attached hydrogen (secondary N) is 2. The molecule has 2 amide bonds. The van der Waals surface area contributed by atoms with E-state index in [0.717, 1.165) is 12.8 Å². The molecule has 1 aromatic heterocycles. The number of aromatic amines is 1. The molecule has 2 fully saturated rings. The minimum atomic E-state index is -0.292. The summed E-state index contributed by atoms with van der Waals surface area (Å²) in [7, 11) is 0. The maximum atomic E-state index is 12.5. The van der Waals surface area contributed by atoms with Gasteiger partial charge in [0, 0.05) is 38.0 Å². The van der Waals surface area contributed by atoms with Gasteiger partial charge in [0.25, 0.3) is 11.5 Å². The topological polar surface area (TPSA) is 95.2 Å². The minimum Gasteiger partial charge on any atom is -0.356 e. The van der Waals surface area contributed by atoms with E-state index in [2.05, 4.69) is 15.3 Å². The summed E-state index contributed by atoms with van der Waals surface area (Å²) in [6.07, 6.45) is 3.00. The second-order valence-electron chi connectivity index (χ2n) is 5.54. The molecule has 21 heavy (non-hydrogen) atoms. The van der Waals surface area contributed by atoms with Gasteiger partial charge in [-0.1, -0.05) is 0 Å². The van der Waals surface area contributed by atoms with Crippen LogP contribution < -0.4 is 10.9 Å². The van der Waals surface area contributed by atoms with Crippen molar-refractivity contribution in [3.63, 3.8) is 0 Å². The van der Waals surface area contributed by atoms with Crippen LogP contribution in [0.4, 0.5) is 0 Å². The fourth-order valence-corrected chi connectivity index (χ4v) is 2.44. The zero-order valence-electron chi connectivity index (χ0n) is 11.7. The molecule has 1 aliphatic heterocycles. The lowest BCUT2D eigenvalue weighted by molar-refractivity contribution is -0.121. The summed E-state index contributed by atoms with van der Waals surface area (Å²) in [6.45, 7) is 1.49. The number of carbonyl (C=O) groups excluding carboxylic acids is 2. The standard InChI is InChI=1S/C14H18N4O3/c19-11-4-7-18(6-1-5-15-11)14(21)10-8-12(20)17-13(16-10)9-2-3-9/h8-9H,1-7H2,(H,15,19)(H,16,17,20). The molecule has 3 rings (SSSR count). The van der Waals surface area contributed by atoms with Crippen LogP contribution in [0.25, 0.3) is 0 Å². The van der Waals surface area contributed by atoms with E-state index >= 15 is 0 Å². The number of carbonyl (C=O) groups is 2. The summed E-state index contributed by atoms with van der Waals surface area (Å²) in [5.41, 5.74) is -0.110. The first-order valence-corrected chi connectivity index (χ1v) is 7.31. The fourth-order valence-electron chi connectivity index (χ4n) is 2.44. The monoisotopic (exact) mass is 290 g/mol. The number of nitrogens with zero attached hydrogens (tertiary/aromatic N) is 2. The predicted octanol–water partition coefficient (Wildman–Crippen LogP) is -0.000500. The van der Waals surface area contributed by atoms with Crippen LogP contribution in [0.15, 0.2) is 10.9 Å². The molecule has 1 saturated carbocycles. The molecule has 112 valence electrons. The molecular formula is C14H18N4O3. The number of rotatable bonds is 2. The quantitative estimate of drug-likeness (QED) is 0.801. The molecule has 0 atom stereocenters. The summed E-state index contributed by atoms with van der Waals surface area (Å²) in [5.74, 6) is 0.571. The Morgan fingerprint density at radius 1 is 1.29 bits per heavy atom. The number of H-pyrrole nitrogens is 1. The number of amides is 2. The fraction of sp³-hybridized carbons (Fsp3) is 0.571. The molecule has 1 aromatic rings. The van der Waals surface area contributed by atoms with Gasteiger partial charge in [-0.3, -0.25) is 14.4 Å². The van der Waals surface area contributed by atoms with Crippen molar-refractivity contribution in [1.29, 1.82) is 0 Å². The molecule has 0 aromatic carbocycles. The molecule has 0 bridgehead atoms. The molecule has 1 saturated heterocycles. The summed E-state index contributed by atoms with van der Waals surface area (Å²) >= 11 is 0. The number of hydrogen-bond acceptors (Lipinski definition) is 4. The van der Waals surface area contributed by atoms with Crippen LogP contribution in [0.3, 0.4) is 0 Å². The van der Waals surface area contributed by atoms with Gasteiger partial charge in [0.2, 0.25) is 5.91 Å². The lowest BCUT2D eigenvalue weighted by atomic mass is 10.2. The van der Waals surface area contributed by atoms with Crippen molar-refractivity contribution < 1.29 is 9.59 Å². The highest BCUT2D eigenvalue weighted by Gasteiger charge is 2.28. The Kier molecular flexibility index (Phi) is 3.72. The molecule has 0 radical (unpaired) electrons. The first kappa shape index (κ1) is 13.8. The van der Waals surface area contributed by atoms with Crippen molar-refractivity contribution in [2.45, 2.75) is 31.6 Å². The smallest absolute Gasteiger partial charge is 0.272 e. The van der Waals surface area contributed by atoms with Crippen LogP contribution in [-0.4, -0.2) is 46.3 Å². The van der Waals surface area contributed by atoms with E-state index in [-0.39, 0.29) is 35.4 Å². The van der Waals surface area contributed by atoms with Gasteiger partial charge >= 0.3 is 0 Å². The van der Waals surface area contributed by atoms with E-state index in [1.165, 1.54) is 6.07 Å². The van der Waals surface area contributed by atoms with Crippen LogP contribution in [-0.2, 0) is 4.79 Å². The summed E-state index contributed by atoms with van der Waals surface area (Å²) in [6, 6.07) is 1.24. The van der Waals surface area contributed by atoms with E-state index in [1.54, 1.807) is 4.90 Å². The van der Waals surface area contributed by atoms with Gasteiger partial charge in [-0.2, -0.15) is 0 Å². The van der Waals surface area contributed by atoms with Gasteiger partial charge < -0.3 is 15.2 Å². The predicted molar refractivity (Wildman–Crippen MR) is 75.0 cm³/mol. The highest BCUT2D eigenvalue weighted by atomic mass is 16.2. The Morgan fingerprint density at radius 3 is 2.86 bits per heavy atom. The van der Waals surface area contributed by atoms with Crippen LogP contribution in [0.2, 0.25) is 0 Å². The third-order valence-electron chi connectivity index (χ3n) is 3.77. The minimum absolute atomic E-state index is 0.0509. The third kappa shape index (κ3) is 3.29. The normalized spacial score (nSPS) is 19.6. The average molecular weight is 290 g/mol. The second kappa shape index (κ2) is 5.67. The Labute approximate surface area is 121 Å². The number of aromatic nitrogens is 2. The molecule has 7 heteroatoms. The van der Waals surface area contributed by atoms with Crippen molar-refractivity contribution in [2.24, 2.45) is 0 Å². The highest BCUT2D eigenvalue weighted by molar-refractivity contribution is 5.92. The van der Waals surface area contributed by atoms with Crippen LogP contribution >= 0.6 is 0 Å². The molecule has 2 N–H and O–H groups in total. The van der Waals surface area contributed by atoms with Crippen molar-refractivity contribution in [1.82, 2.24) is 20.2 Å². The molecule has 1 aliphatic carbocycles. The van der Waals surface area contributed by atoms with Crippen molar-refractivity contribution in [3.8, 4) is 0 Å². The lowest BCUT2D eigenvalue weighted by Crippen LogP contribution is -2.40. The van der Waals surface area contributed by atoms with Crippen molar-refractivity contribution in [2.75, 3.05) is 19.6 Å². The Morgan fingerprint density at radius 2 is 2.10 bits per heavy atom. The van der Waals surface area contributed by atoms with E-state index in [1.807, 2.05) is 0 Å². The van der Waals surface area contributed by atoms with E-state index in [0.29, 0.717) is 31.9 Å². The Balaban J connectivity index is 1.79. The zero-order valence-corrected chi connectivity index (χ0v) is 11.7. The van der Waals surface area contributed by atoms with E-state index in [9.17, 15) is 14.4 Å². The summed E-state index contributed by atoms with van der Waals surface area (Å²) < 4.78 is 0. The average Bonchev–Trinajstić information content (AvgIpc) is 3.27. The highest BCUT2D eigenvalue weighted by Crippen LogP contribution is 2.37. The molecule has 7 nitrogen and oxygen atoms in total. The van der Waals surface area contributed by atoms with Gasteiger partial charge in [-0.05, 0) is 19.3 Å². The van der Waals surface area contributed by atoms with E-state index in [4.69, 9.17) is 0 Å². The molecule has 2 aliphatic rings. The molecule has 2 heterocycles. The Bertz CT molecular complexity index is 621. The van der Waals surface area contributed by atoms with E-state index < -0.39 is 0 Å². The maximum absolute atomic E-state index is 12.5. The van der Waals surface area contributed by atoms with Gasteiger partial charge in [-0.15, -0.1) is 0 Å². The van der Waals surface area contributed by atoms with Gasteiger partial charge in [0.15, 0.2) is 0 Å². The molecular weight excluding hydrogens is 272 g/mol. The SMILES string of the molecule is O=C1CCN(C(=O)c2cc(=O)[nH]c(C3CC3)n2)CCCN1. The number of hydrogen-bond donors (Lipinski definition) is 2. The lowest BCUT2D eigenvalue weighted by Gasteiger charge is -2.24. The van der Waals surface area contributed by atoms with Crippen LogP contribution in [0.5, 0.6) is 0 Å². The third-order valence-corrected chi connectivity index (χ3v) is 3.77. The molecule has 0 spiro atoms. The molecule has 0 unspecified atom stereocenters. The first-order chi connectivity index (χ1) is 10.1.